The molecule has 2 amide bonds. The van der Waals surface area contributed by atoms with E-state index in [9.17, 15) is 19.5 Å². The molecule has 3 aromatic rings. The van der Waals surface area contributed by atoms with Gasteiger partial charge in [0.15, 0.2) is 0 Å². The van der Waals surface area contributed by atoms with Gasteiger partial charge < -0.3 is 39.8 Å². The number of hydrogen-bond donors (Lipinski definition) is 4. The second-order valence-electron chi connectivity index (χ2n) is 13.8. The number of carbonyl (C=O) groups is 3. The Kier molecular flexibility index (Phi) is 10.7. The molecule has 8 atom stereocenters. The summed E-state index contributed by atoms with van der Waals surface area (Å²) in [5, 5.41) is 24.7. The smallest absolute Gasteiger partial charge is 0.339 e. The van der Waals surface area contributed by atoms with Gasteiger partial charge in [-0.25, -0.2) is 4.79 Å². The Labute approximate surface area is 302 Å². The average Bonchev–Trinajstić information content (AvgIpc) is 3.84. The maximum atomic E-state index is 14.1. The monoisotopic (exact) mass is 708 g/mol. The lowest BCUT2D eigenvalue weighted by Gasteiger charge is -2.32. The standard InChI is InChI=1S/C41H44N2O9/c1-25(45)36(39(47)42-20-21-44)43-38(46)28-23-34(50-40(48)31-15-9-8-10-27(31)18-16-26-17-19-32-33(22-26)49-32)37-35(24-28)51-41(52-37,29-11-4-2-5-12-29)30-13-6-3-7-14-30/h2-16,18,24-26,32-37,44-45H,17,19-23H2,1H3,(H,42,47)(H,43,46)/t25-,26?,32?,33?,34+,35+,36+,37-/m0/s1. The first-order valence-electron chi connectivity index (χ1n) is 17.9. The van der Waals surface area contributed by atoms with Crippen molar-refractivity contribution in [2.24, 2.45) is 5.92 Å². The average molecular weight is 709 g/mol. The fraction of sp³-hybridized carbons (Fsp3) is 0.390. The van der Waals surface area contributed by atoms with E-state index in [1.165, 1.54) is 6.92 Å². The summed E-state index contributed by atoms with van der Waals surface area (Å²) < 4.78 is 25.6. The summed E-state index contributed by atoms with van der Waals surface area (Å²) in [6.45, 7) is 1.05. The van der Waals surface area contributed by atoms with Crippen molar-refractivity contribution in [2.45, 2.75) is 81.1 Å². The zero-order chi connectivity index (χ0) is 36.2. The molecule has 2 saturated heterocycles. The highest BCUT2D eigenvalue weighted by molar-refractivity contribution is 5.98. The molecular formula is C41H44N2O9. The number of hydrogen-bond acceptors (Lipinski definition) is 9. The Morgan fingerprint density at radius 1 is 0.942 bits per heavy atom. The minimum atomic E-state index is -1.39. The molecule has 0 spiro atoms. The van der Waals surface area contributed by atoms with E-state index in [0.29, 0.717) is 29.3 Å². The van der Waals surface area contributed by atoms with E-state index in [1.54, 1.807) is 18.2 Å². The van der Waals surface area contributed by atoms with Gasteiger partial charge in [0.1, 0.15) is 24.4 Å². The predicted molar refractivity (Wildman–Crippen MR) is 190 cm³/mol. The van der Waals surface area contributed by atoms with Crippen LogP contribution in [0.3, 0.4) is 0 Å². The first kappa shape index (κ1) is 35.7. The molecule has 0 radical (unpaired) electrons. The number of aliphatic hydroxyl groups excluding tert-OH is 2. The zero-order valence-electron chi connectivity index (χ0n) is 28.9. The SMILES string of the molecule is C[C@H](O)[C@@H](NC(=O)C1=C[C@H]2OC(c3ccccc3)(c3ccccc3)O[C@H]2[C@H](OC(=O)c2ccccc2C=CC2CCC3OC3C2)C1)C(=O)NCCO. The molecule has 1 saturated carbocycles. The maximum absolute atomic E-state index is 14.1. The summed E-state index contributed by atoms with van der Waals surface area (Å²) in [4.78, 5) is 40.7. The van der Waals surface area contributed by atoms with Crippen LogP contribution in [0.4, 0.5) is 0 Å². The maximum Gasteiger partial charge on any atom is 0.339 e. The third kappa shape index (κ3) is 7.60. The third-order valence-electron chi connectivity index (χ3n) is 10.2. The summed E-state index contributed by atoms with van der Waals surface area (Å²) in [5.74, 6) is -2.89. The highest BCUT2D eigenvalue weighted by Crippen LogP contribution is 2.47. The van der Waals surface area contributed by atoms with Crippen LogP contribution in [-0.4, -0.2) is 83.8 Å². The minimum absolute atomic E-state index is 0.0403. The van der Waals surface area contributed by atoms with Gasteiger partial charge in [0.05, 0.1) is 30.5 Å². The van der Waals surface area contributed by atoms with Gasteiger partial charge in [-0.2, -0.15) is 0 Å². The molecule has 0 bridgehead atoms. The van der Waals surface area contributed by atoms with Crippen LogP contribution in [0.25, 0.3) is 6.08 Å². The number of ether oxygens (including phenoxy) is 4. The molecule has 2 aliphatic carbocycles. The van der Waals surface area contributed by atoms with Gasteiger partial charge in [-0.15, -0.1) is 0 Å². The van der Waals surface area contributed by atoms with E-state index < -0.39 is 54.0 Å². The molecule has 3 fully saturated rings. The van der Waals surface area contributed by atoms with Gasteiger partial charge in [0, 0.05) is 29.7 Å². The van der Waals surface area contributed by atoms with Gasteiger partial charge in [-0.3, -0.25) is 9.59 Å². The molecule has 2 heterocycles. The fourth-order valence-corrected chi connectivity index (χ4v) is 7.40. The van der Waals surface area contributed by atoms with E-state index in [0.717, 1.165) is 30.4 Å². The number of rotatable bonds is 12. The van der Waals surface area contributed by atoms with Crippen molar-refractivity contribution in [3.63, 3.8) is 0 Å². The van der Waals surface area contributed by atoms with Crippen molar-refractivity contribution in [1.29, 1.82) is 0 Å². The van der Waals surface area contributed by atoms with E-state index >= 15 is 0 Å². The topological polar surface area (TPSA) is 156 Å². The van der Waals surface area contributed by atoms with Crippen molar-refractivity contribution >= 4 is 23.9 Å². The largest absolute Gasteiger partial charge is 0.456 e. The Balaban J connectivity index is 1.19. The predicted octanol–water partition coefficient (Wildman–Crippen LogP) is 3.78. The lowest BCUT2D eigenvalue weighted by atomic mass is 9.88. The van der Waals surface area contributed by atoms with Crippen LogP contribution in [0, 0.1) is 5.92 Å². The van der Waals surface area contributed by atoms with Crippen molar-refractivity contribution in [3.8, 4) is 0 Å². The van der Waals surface area contributed by atoms with E-state index in [2.05, 4.69) is 16.7 Å². The lowest BCUT2D eigenvalue weighted by Crippen LogP contribution is -2.54. The van der Waals surface area contributed by atoms with Crippen LogP contribution in [0.5, 0.6) is 0 Å². The summed E-state index contributed by atoms with van der Waals surface area (Å²) in [5.41, 5.74) is 2.73. The molecule has 0 aromatic heterocycles. The number of nitrogens with one attached hydrogen (secondary N) is 2. The van der Waals surface area contributed by atoms with E-state index in [1.807, 2.05) is 78.9 Å². The van der Waals surface area contributed by atoms with Crippen LogP contribution < -0.4 is 10.6 Å². The highest BCUT2D eigenvalue weighted by atomic mass is 16.8. The number of aliphatic hydroxyl groups is 2. The van der Waals surface area contributed by atoms with Crippen molar-refractivity contribution in [1.82, 2.24) is 10.6 Å². The molecule has 4 N–H and O–H groups in total. The second-order valence-corrected chi connectivity index (χ2v) is 13.8. The number of carbonyl (C=O) groups excluding carboxylic acids is 3. The minimum Gasteiger partial charge on any atom is -0.456 e. The summed E-state index contributed by atoms with van der Waals surface area (Å²) in [7, 11) is 0. The summed E-state index contributed by atoms with van der Waals surface area (Å²) in [6, 6.07) is 24.8. The van der Waals surface area contributed by atoms with Gasteiger partial charge in [-0.1, -0.05) is 91.0 Å². The molecule has 7 rings (SSSR count). The van der Waals surface area contributed by atoms with E-state index in [4.69, 9.17) is 24.1 Å². The Hall–Kier alpha value is -4.65. The molecule has 3 aromatic carbocycles. The van der Waals surface area contributed by atoms with Gasteiger partial charge >= 0.3 is 5.97 Å². The van der Waals surface area contributed by atoms with Crippen LogP contribution >= 0.6 is 0 Å². The van der Waals surface area contributed by atoms with Crippen LogP contribution in [0.1, 0.15) is 59.7 Å². The fourth-order valence-electron chi connectivity index (χ4n) is 7.40. The van der Waals surface area contributed by atoms with Gasteiger partial charge in [0.2, 0.25) is 17.6 Å². The molecule has 11 heteroatoms. The Bertz CT molecular complexity index is 1770. The molecule has 11 nitrogen and oxygen atoms in total. The number of allylic oxidation sites excluding steroid dienone is 1. The normalized spacial score (nSPS) is 27.0. The first-order valence-corrected chi connectivity index (χ1v) is 17.9. The highest BCUT2D eigenvalue weighted by Gasteiger charge is 2.55. The number of amides is 2. The molecule has 52 heavy (non-hydrogen) atoms. The molecular weight excluding hydrogens is 664 g/mol. The summed E-state index contributed by atoms with van der Waals surface area (Å²) in [6.07, 6.45) is 5.63. The van der Waals surface area contributed by atoms with Gasteiger partial charge in [0.25, 0.3) is 0 Å². The second kappa shape index (κ2) is 15.5. The summed E-state index contributed by atoms with van der Waals surface area (Å²) >= 11 is 0. The van der Waals surface area contributed by atoms with Crippen LogP contribution in [0.2, 0.25) is 0 Å². The van der Waals surface area contributed by atoms with E-state index in [-0.39, 0.29) is 25.1 Å². The third-order valence-corrected chi connectivity index (χ3v) is 10.2. The number of fused-ring (bicyclic) bond motifs is 2. The molecule has 2 aliphatic heterocycles. The van der Waals surface area contributed by atoms with Crippen molar-refractivity contribution in [3.05, 3.63) is 125 Å². The number of benzene rings is 3. The number of epoxide rings is 1. The van der Waals surface area contributed by atoms with Gasteiger partial charge in [-0.05, 0) is 49.8 Å². The quantitative estimate of drug-likeness (QED) is 0.163. The molecule has 3 unspecified atom stereocenters. The molecule has 272 valence electrons. The zero-order valence-corrected chi connectivity index (χ0v) is 28.9. The van der Waals surface area contributed by atoms with Crippen molar-refractivity contribution < 1.29 is 43.5 Å². The van der Waals surface area contributed by atoms with Crippen molar-refractivity contribution in [2.75, 3.05) is 13.2 Å². The Morgan fingerprint density at radius 3 is 2.31 bits per heavy atom. The molecule has 4 aliphatic rings. The van der Waals surface area contributed by atoms with Crippen LogP contribution in [-0.2, 0) is 34.3 Å². The van der Waals surface area contributed by atoms with Crippen LogP contribution in [0.15, 0.2) is 103 Å². The lowest BCUT2D eigenvalue weighted by molar-refractivity contribution is -0.157. The first-order chi connectivity index (χ1) is 25.3. The Morgan fingerprint density at radius 2 is 1.63 bits per heavy atom. The number of esters is 1.